The van der Waals surface area contributed by atoms with Gasteiger partial charge in [0.25, 0.3) is 0 Å². The van der Waals surface area contributed by atoms with Gasteiger partial charge in [0.2, 0.25) is 0 Å². The van der Waals surface area contributed by atoms with Crippen molar-refractivity contribution >= 4 is 23.5 Å². The highest BCUT2D eigenvalue weighted by Crippen LogP contribution is 2.20. The molecule has 1 heterocycles. The summed E-state index contributed by atoms with van der Waals surface area (Å²) in [5.74, 6) is 0.796. The van der Waals surface area contributed by atoms with Crippen LogP contribution in [0.2, 0.25) is 0 Å². The average molecular weight is 191 g/mol. The van der Waals surface area contributed by atoms with E-state index in [-0.39, 0.29) is 0 Å². The van der Waals surface area contributed by atoms with Crippen molar-refractivity contribution in [2.45, 2.75) is 12.7 Å². The van der Waals surface area contributed by atoms with E-state index < -0.39 is 0 Å². The van der Waals surface area contributed by atoms with Crippen LogP contribution in [0.25, 0.3) is 10.9 Å². The summed E-state index contributed by atoms with van der Waals surface area (Å²) in [6, 6.07) is 8.72. The summed E-state index contributed by atoms with van der Waals surface area (Å²) in [5.41, 5.74) is 3.86. The maximum atomic E-state index is 4.30. The molecule has 0 amide bonds. The van der Waals surface area contributed by atoms with Crippen molar-refractivity contribution in [2.75, 3.05) is 0 Å². The Morgan fingerprint density at radius 1 is 1.31 bits per heavy atom. The Balaban J connectivity index is 2.76. The summed E-state index contributed by atoms with van der Waals surface area (Å²) < 4.78 is 2.20. The summed E-state index contributed by atoms with van der Waals surface area (Å²) >= 11 is 4.30. The maximum Gasteiger partial charge on any atom is 0.0480 e. The van der Waals surface area contributed by atoms with Crippen LogP contribution < -0.4 is 0 Å². The molecule has 13 heavy (non-hydrogen) atoms. The zero-order valence-corrected chi connectivity index (χ0v) is 8.81. The van der Waals surface area contributed by atoms with Crippen LogP contribution in [0.3, 0.4) is 0 Å². The summed E-state index contributed by atoms with van der Waals surface area (Å²) in [5, 5.41) is 1.31. The Hall–Kier alpha value is -0.890. The molecular formula is C11H13NS. The monoisotopic (exact) mass is 191 g/mol. The van der Waals surface area contributed by atoms with E-state index in [1.165, 1.54) is 22.2 Å². The number of aryl methyl sites for hydroxylation is 2. The summed E-state index contributed by atoms with van der Waals surface area (Å²) in [7, 11) is 2.09. The second kappa shape index (κ2) is 3.11. The zero-order valence-electron chi connectivity index (χ0n) is 7.91. The van der Waals surface area contributed by atoms with Gasteiger partial charge in [-0.3, -0.25) is 0 Å². The molecule has 0 bridgehead atoms. The molecule has 2 rings (SSSR count). The lowest BCUT2D eigenvalue weighted by Gasteiger charge is -2.00. The number of hydrogen-bond acceptors (Lipinski definition) is 1. The Bertz CT molecular complexity index is 443. The number of aromatic nitrogens is 1. The van der Waals surface area contributed by atoms with Crippen LogP contribution in [0.1, 0.15) is 11.3 Å². The largest absolute Gasteiger partial charge is 0.347 e. The first kappa shape index (κ1) is 8.70. The molecule has 0 radical (unpaired) electrons. The number of benzene rings is 1. The van der Waals surface area contributed by atoms with Crippen LogP contribution in [0, 0.1) is 6.92 Å². The lowest BCUT2D eigenvalue weighted by Crippen LogP contribution is -1.91. The molecule has 1 aromatic heterocycles. The van der Waals surface area contributed by atoms with Crippen molar-refractivity contribution in [3.63, 3.8) is 0 Å². The fraction of sp³-hybridized carbons (Fsp3) is 0.273. The van der Waals surface area contributed by atoms with E-state index in [1.54, 1.807) is 0 Å². The zero-order chi connectivity index (χ0) is 9.42. The molecule has 0 unspecified atom stereocenters. The molecule has 1 aromatic carbocycles. The van der Waals surface area contributed by atoms with Gasteiger partial charge in [0.15, 0.2) is 0 Å². The summed E-state index contributed by atoms with van der Waals surface area (Å²) in [6.07, 6.45) is 0. The third kappa shape index (κ3) is 1.35. The van der Waals surface area contributed by atoms with E-state index >= 15 is 0 Å². The van der Waals surface area contributed by atoms with Gasteiger partial charge in [0, 0.05) is 29.4 Å². The molecule has 0 atom stereocenters. The van der Waals surface area contributed by atoms with Crippen molar-refractivity contribution in [2.24, 2.45) is 7.05 Å². The molecule has 0 N–H and O–H groups in total. The van der Waals surface area contributed by atoms with E-state index in [0.717, 1.165) is 5.75 Å². The van der Waals surface area contributed by atoms with Crippen LogP contribution in [0.15, 0.2) is 24.3 Å². The molecule has 68 valence electrons. The Morgan fingerprint density at radius 3 is 2.77 bits per heavy atom. The molecule has 0 aliphatic carbocycles. The molecule has 0 fully saturated rings. The van der Waals surface area contributed by atoms with Crippen molar-refractivity contribution in [1.82, 2.24) is 4.57 Å². The highest BCUT2D eigenvalue weighted by Gasteiger charge is 2.03. The van der Waals surface area contributed by atoms with Gasteiger partial charge in [0.1, 0.15) is 0 Å². The van der Waals surface area contributed by atoms with E-state index in [4.69, 9.17) is 0 Å². The molecule has 0 aliphatic rings. The molecular weight excluding hydrogens is 178 g/mol. The highest BCUT2D eigenvalue weighted by molar-refractivity contribution is 7.79. The molecule has 1 nitrogen and oxygen atoms in total. The molecule has 0 saturated heterocycles. The smallest absolute Gasteiger partial charge is 0.0480 e. The predicted molar refractivity (Wildman–Crippen MR) is 60.3 cm³/mol. The number of hydrogen-bond donors (Lipinski definition) is 1. The second-order valence-corrected chi connectivity index (χ2v) is 3.73. The maximum absolute atomic E-state index is 4.30. The lowest BCUT2D eigenvalue weighted by molar-refractivity contribution is 0.911. The number of rotatable bonds is 1. The van der Waals surface area contributed by atoms with Crippen molar-refractivity contribution in [3.05, 3.63) is 35.5 Å². The molecule has 0 aliphatic heterocycles. The minimum atomic E-state index is 0.796. The molecule has 2 heteroatoms. The third-order valence-corrected chi connectivity index (χ3v) is 2.78. The van der Waals surface area contributed by atoms with Crippen LogP contribution in [0.5, 0.6) is 0 Å². The van der Waals surface area contributed by atoms with Gasteiger partial charge in [-0.15, -0.1) is 0 Å². The van der Waals surface area contributed by atoms with Crippen molar-refractivity contribution in [3.8, 4) is 0 Å². The van der Waals surface area contributed by atoms with Gasteiger partial charge >= 0.3 is 0 Å². The van der Waals surface area contributed by atoms with E-state index in [1.807, 2.05) is 0 Å². The quantitative estimate of drug-likeness (QED) is 0.661. The van der Waals surface area contributed by atoms with E-state index in [2.05, 4.69) is 55.4 Å². The summed E-state index contributed by atoms with van der Waals surface area (Å²) in [6.45, 7) is 2.12. The first-order valence-electron chi connectivity index (χ1n) is 4.38. The Morgan fingerprint density at radius 2 is 2.08 bits per heavy atom. The number of nitrogens with zero attached hydrogens (tertiary/aromatic N) is 1. The number of fused-ring (bicyclic) bond motifs is 1. The predicted octanol–water partition coefficient (Wildman–Crippen LogP) is 2.92. The van der Waals surface area contributed by atoms with Gasteiger partial charge in [-0.05, 0) is 25.1 Å². The normalized spacial score (nSPS) is 11.0. The van der Waals surface area contributed by atoms with Gasteiger partial charge in [-0.25, -0.2) is 0 Å². The van der Waals surface area contributed by atoms with Crippen LogP contribution in [0.4, 0.5) is 0 Å². The van der Waals surface area contributed by atoms with Gasteiger partial charge in [-0.1, -0.05) is 11.6 Å². The fourth-order valence-corrected chi connectivity index (χ4v) is 1.98. The third-order valence-electron chi connectivity index (χ3n) is 2.46. The minimum absolute atomic E-state index is 0.796. The lowest BCUT2D eigenvalue weighted by atomic mass is 10.2. The highest BCUT2D eigenvalue weighted by atomic mass is 32.1. The van der Waals surface area contributed by atoms with Gasteiger partial charge in [-0.2, -0.15) is 12.6 Å². The van der Waals surface area contributed by atoms with Crippen LogP contribution in [-0.2, 0) is 12.8 Å². The SMILES string of the molecule is Cc1ccc2c(c1)cc(CS)n2C. The summed E-state index contributed by atoms with van der Waals surface area (Å²) in [4.78, 5) is 0. The van der Waals surface area contributed by atoms with Gasteiger partial charge in [0.05, 0.1) is 0 Å². The molecule has 0 saturated carbocycles. The fourth-order valence-electron chi connectivity index (χ4n) is 1.68. The van der Waals surface area contributed by atoms with Crippen molar-refractivity contribution in [1.29, 1.82) is 0 Å². The van der Waals surface area contributed by atoms with E-state index in [0.29, 0.717) is 0 Å². The first-order valence-corrected chi connectivity index (χ1v) is 5.01. The second-order valence-electron chi connectivity index (χ2n) is 3.42. The standard InChI is InChI=1S/C11H13NS/c1-8-3-4-11-9(5-8)6-10(7-13)12(11)2/h3-6,13H,7H2,1-2H3. The Kier molecular flexibility index (Phi) is 2.08. The number of thiol groups is 1. The van der Waals surface area contributed by atoms with Gasteiger partial charge < -0.3 is 4.57 Å². The average Bonchev–Trinajstić information content (AvgIpc) is 2.42. The topological polar surface area (TPSA) is 4.93 Å². The van der Waals surface area contributed by atoms with Crippen molar-refractivity contribution < 1.29 is 0 Å². The molecule has 2 aromatic rings. The molecule has 0 spiro atoms. The van der Waals surface area contributed by atoms with Crippen LogP contribution >= 0.6 is 12.6 Å². The van der Waals surface area contributed by atoms with E-state index in [9.17, 15) is 0 Å². The van der Waals surface area contributed by atoms with Crippen LogP contribution in [-0.4, -0.2) is 4.57 Å². The Labute approximate surface area is 83.8 Å². The minimum Gasteiger partial charge on any atom is -0.347 e. The first-order chi connectivity index (χ1) is 6.22.